The number of hydrogen-bond acceptors (Lipinski definition) is 2. The Bertz CT molecular complexity index is 987. The Morgan fingerprint density at radius 1 is 0.885 bits per heavy atom. The molecule has 5 rings (SSSR count). The Morgan fingerprint density at radius 2 is 1.65 bits per heavy atom. The van der Waals surface area contributed by atoms with Crippen LogP contribution in [-0.4, -0.2) is 5.71 Å². The largest absolute Gasteiger partial charge is 0.251 e. The molecule has 26 heavy (non-hydrogen) atoms. The van der Waals surface area contributed by atoms with E-state index in [1.54, 1.807) is 0 Å². The fraction of sp³-hybridized carbons (Fsp3) is 0.208. The summed E-state index contributed by atoms with van der Waals surface area (Å²) in [4.78, 5) is 6.48. The summed E-state index contributed by atoms with van der Waals surface area (Å²) in [6, 6.07) is 26.5. The molecule has 0 amide bonds. The SMILES string of the molecule is Cc1ccc([C@@H]2Sc3ccccc3N=C3c4ccccc4CC[C@@H]32)cc1. The summed E-state index contributed by atoms with van der Waals surface area (Å²) < 4.78 is 0. The van der Waals surface area contributed by atoms with Crippen molar-refractivity contribution in [3.63, 3.8) is 0 Å². The predicted molar refractivity (Wildman–Crippen MR) is 111 cm³/mol. The first-order valence-electron chi connectivity index (χ1n) is 9.29. The average Bonchev–Trinajstić information content (AvgIpc) is 2.85. The highest BCUT2D eigenvalue weighted by Gasteiger charge is 2.35. The van der Waals surface area contributed by atoms with Gasteiger partial charge in [0.25, 0.3) is 0 Å². The third kappa shape index (κ3) is 2.69. The minimum absolute atomic E-state index is 0.409. The number of fused-ring (bicyclic) bond motifs is 4. The van der Waals surface area contributed by atoms with Gasteiger partial charge in [-0.15, -0.1) is 11.8 Å². The summed E-state index contributed by atoms with van der Waals surface area (Å²) >= 11 is 1.98. The highest BCUT2D eigenvalue weighted by atomic mass is 32.2. The molecule has 2 heteroatoms. The fourth-order valence-electron chi connectivity index (χ4n) is 4.13. The van der Waals surface area contributed by atoms with Gasteiger partial charge in [0.2, 0.25) is 0 Å². The first-order valence-corrected chi connectivity index (χ1v) is 10.2. The van der Waals surface area contributed by atoms with Crippen molar-refractivity contribution in [1.82, 2.24) is 0 Å². The Morgan fingerprint density at radius 3 is 2.54 bits per heavy atom. The molecule has 128 valence electrons. The van der Waals surface area contributed by atoms with Gasteiger partial charge in [0.1, 0.15) is 0 Å². The molecule has 0 fully saturated rings. The summed E-state index contributed by atoms with van der Waals surface area (Å²) in [5.41, 5.74) is 7.90. The lowest BCUT2D eigenvalue weighted by Crippen LogP contribution is -2.27. The number of aliphatic imine (C=N–C) groups is 1. The first kappa shape index (κ1) is 15.9. The molecule has 2 aliphatic rings. The van der Waals surface area contributed by atoms with Crippen LogP contribution < -0.4 is 0 Å². The van der Waals surface area contributed by atoms with E-state index in [0.717, 1.165) is 18.5 Å². The number of rotatable bonds is 1. The van der Waals surface area contributed by atoms with E-state index in [1.807, 2.05) is 11.8 Å². The van der Waals surface area contributed by atoms with E-state index in [9.17, 15) is 0 Å². The van der Waals surface area contributed by atoms with Crippen molar-refractivity contribution < 1.29 is 0 Å². The van der Waals surface area contributed by atoms with Crippen molar-refractivity contribution in [1.29, 1.82) is 0 Å². The average molecular weight is 356 g/mol. The maximum absolute atomic E-state index is 5.19. The highest BCUT2D eigenvalue weighted by Crippen LogP contribution is 2.50. The monoisotopic (exact) mass is 355 g/mol. The van der Waals surface area contributed by atoms with Crippen molar-refractivity contribution in [2.75, 3.05) is 0 Å². The van der Waals surface area contributed by atoms with E-state index < -0.39 is 0 Å². The van der Waals surface area contributed by atoms with Crippen LogP contribution in [0.3, 0.4) is 0 Å². The van der Waals surface area contributed by atoms with Gasteiger partial charge in [-0.1, -0.05) is 66.2 Å². The summed E-state index contributed by atoms with van der Waals surface area (Å²) in [5.74, 6) is 0.449. The Hall–Kier alpha value is -2.32. The lowest BCUT2D eigenvalue weighted by molar-refractivity contribution is 0.597. The van der Waals surface area contributed by atoms with Gasteiger partial charge in [0, 0.05) is 16.1 Å². The van der Waals surface area contributed by atoms with E-state index in [1.165, 1.54) is 32.9 Å². The zero-order chi connectivity index (χ0) is 17.5. The Kier molecular flexibility index (Phi) is 3.94. The zero-order valence-corrected chi connectivity index (χ0v) is 15.7. The fourth-order valence-corrected chi connectivity index (χ4v) is 5.52. The lowest BCUT2D eigenvalue weighted by Gasteiger charge is -2.31. The standard InChI is InChI=1S/C24H21NS/c1-16-10-12-18(13-11-16)24-20-15-14-17-6-2-3-7-19(17)23(20)25-21-8-4-5-9-22(21)26-24/h2-13,20,24H,14-15H2,1H3/t20-,24-/m0/s1. The predicted octanol–water partition coefficient (Wildman–Crippen LogP) is 6.53. The molecule has 1 aliphatic carbocycles. The minimum Gasteiger partial charge on any atom is -0.251 e. The molecule has 0 bridgehead atoms. The van der Waals surface area contributed by atoms with Crippen molar-refractivity contribution in [2.45, 2.75) is 29.9 Å². The first-order chi connectivity index (χ1) is 12.8. The van der Waals surface area contributed by atoms with Crippen LogP contribution in [0.15, 0.2) is 82.7 Å². The quantitative estimate of drug-likeness (QED) is 0.484. The third-order valence-electron chi connectivity index (χ3n) is 5.50. The number of benzene rings is 3. The molecule has 3 aromatic rings. The highest BCUT2D eigenvalue weighted by molar-refractivity contribution is 7.99. The third-order valence-corrected chi connectivity index (χ3v) is 6.95. The van der Waals surface area contributed by atoms with Crippen LogP contribution >= 0.6 is 11.8 Å². The molecule has 0 saturated carbocycles. The molecule has 1 nitrogen and oxygen atoms in total. The van der Waals surface area contributed by atoms with Gasteiger partial charge in [-0.25, -0.2) is 0 Å². The van der Waals surface area contributed by atoms with Gasteiger partial charge in [-0.3, -0.25) is 4.99 Å². The second-order valence-corrected chi connectivity index (χ2v) is 8.40. The van der Waals surface area contributed by atoms with Crippen LogP contribution in [0.5, 0.6) is 0 Å². The van der Waals surface area contributed by atoms with Crippen LogP contribution in [0, 0.1) is 12.8 Å². The maximum Gasteiger partial charge on any atom is 0.0769 e. The van der Waals surface area contributed by atoms with Gasteiger partial charge < -0.3 is 0 Å². The molecule has 2 atom stereocenters. The van der Waals surface area contributed by atoms with Gasteiger partial charge >= 0.3 is 0 Å². The lowest BCUT2D eigenvalue weighted by atomic mass is 9.78. The van der Waals surface area contributed by atoms with Crippen LogP contribution in [0.1, 0.15) is 33.9 Å². The van der Waals surface area contributed by atoms with Crippen LogP contribution in [0.25, 0.3) is 0 Å². The molecule has 0 N–H and O–H groups in total. The zero-order valence-electron chi connectivity index (χ0n) is 14.9. The van der Waals surface area contributed by atoms with Crippen molar-refractivity contribution in [2.24, 2.45) is 10.9 Å². The summed E-state index contributed by atoms with van der Waals surface area (Å²) in [7, 11) is 0. The Labute approximate surface area is 159 Å². The van der Waals surface area contributed by atoms with Crippen LogP contribution in [0.2, 0.25) is 0 Å². The van der Waals surface area contributed by atoms with Crippen LogP contribution in [-0.2, 0) is 6.42 Å². The summed E-state index contributed by atoms with van der Waals surface area (Å²) in [5, 5.41) is 0.409. The molecule has 0 unspecified atom stereocenters. The van der Waals surface area contributed by atoms with E-state index in [0.29, 0.717) is 11.2 Å². The van der Waals surface area contributed by atoms with E-state index in [2.05, 4.69) is 79.7 Å². The van der Waals surface area contributed by atoms with Gasteiger partial charge in [0.05, 0.1) is 11.4 Å². The Balaban J connectivity index is 1.70. The topological polar surface area (TPSA) is 12.4 Å². The van der Waals surface area contributed by atoms with E-state index in [4.69, 9.17) is 4.99 Å². The normalized spacial score (nSPS) is 21.0. The number of para-hydroxylation sites is 1. The number of aryl methyl sites for hydroxylation is 2. The minimum atomic E-state index is 0.409. The van der Waals surface area contributed by atoms with Crippen LogP contribution in [0.4, 0.5) is 5.69 Å². The van der Waals surface area contributed by atoms with Gasteiger partial charge in [-0.2, -0.15) is 0 Å². The maximum atomic E-state index is 5.19. The second-order valence-electron chi connectivity index (χ2n) is 7.22. The molecule has 0 spiro atoms. The molecule has 1 heterocycles. The number of thioether (sulfide) groups is 1. The molecule has 0 radical (unpaired) electrons. The number of hydrogen-bond donors (Lipinski definition) is 0. The van der Waals surface area contributed by atoms with Crippen molar-refractivity contribution in [3.05, 3.63) is 95.1 Å². The van der Waals surface area contributed by atoms with Gasteiger partial charge in [-0.05, 0) is 48.6 Å². The van der Waals surface area contributed by atoms with E-state index >= 15 is 0 Å². The molecular formula is C24H21NS. The molecule has 0 aromatic heterocycles. The van der Waals surface area contributed by atoms with Gasteiger partial charge in [0.15, 0.2) is 0 Å². The number of nitrogens with zero attached hydrogens (tertiary/aromatic N) is 1. The molecule has 3 aromatic carbocycles. The molecule has 1 aliphatic heterocycles. The molecular weight excluding hydrogens is 334 g/mol. The van der Waals surface area contributed by atoms with Crippen molar-refractivity contribution >= 4 is 23.2 Å². The second kappa shape index (κ2) is 6.44. The van der Waals surface area contributed by atoms with E-state index in [-0.39, 0.29) is 0 Å². The van der Waals surface area contributed by atoms with Crippen molar-refractivity contribution in [3.8, 4) is 0 Å². The smallest absolute Gasteiger partial charge is 0.0769 e. The summed E-state index contributed by atoms with van der Waals surface area (Å²) in [6.45, 7) is 2.16. The summed E-state index contributed by atoms with van der Waals surface area (Å²) in [6.07, 6.45) is 2.30. The molecule has 0 saturated heterocycles.